The number of carbonyl (C=O) groups excluding carboxylic acids is 1. The van der Waals surface area contributed by atoms with E-state index in [4.69, 9.17) is 0 Å². The number of hydrogen-bond acceptors (Lipinski definition) is 4. The van der Waals surface area contributed by atoms with Crippen molar-refractivity contribution < 1.29 is 9.72 Å². The maximum Gasteiger partial charge on any atom is 0.317 e. The first-order valence-corrected chi connectivity index (χ1v) is 11.0. The summed E-state index contributed by atoms with van der Waals surface area (Å²) in [5.41, 5.74) is 1.25. The lowest BCUT2D eigenvalue weighted by molar-refractivity contribution is -0.384. The normalized spacial score (nSPS) is 21.8. The van der Waals surface area contributed by atoms with Gasteiger partial charge in [0.15, 0.2) is 0 Å². The number of hydrogen-bond donors (Lipinski definition) is 1. The van der Waals surface area contributed by atoms with Crippen molar-refractivity contribution >= 4 is 11.7 Å². The fourth-order valence-corrected chi connectivity index (χ4v) is 4.68. The smallest absolute Gasteiger partial charge is 0.317 e. The van der Waals surface area contributed by atoms with Crippen molar-refractivity contribution in [2.24, 2.45) is 5.92 Å². The van der Waals surface area contributed by atoms with Crippen LogP contribution >= 0.6 is 0 Å². The summed E-state index contributed by atoms with van der Waals surface area (Å²) in [5, 5.41) is 13.9. The van der Waals surface area contributed by atoms with Crippen LogP contribution in [0.2, 0.25) is 0 Å². The maximum atomic E-state index is 12.8. The average molecular weight is 403 g/mol. The zero-order valence-corrected chi connectivity index (χ0v) is 17.7. The number of carbonyl (C=O) groups is 1. The van der Waals surface area contributed by atoms with Gasteiger partial charge in [0.05, 0.1) is 4.92 Å². The zero-order chi connectivity index (χ0) is 20.8. The molecule has 1 aromatic rings. The van der Waals surface area contributed by atoms with Crippen LogP contribution in [0.25, 0.3) is 0 Å². The van der Waals surface area contributed by atoms with Crippen LogP contribution in [0, 0.1) is 16.0 Å². The van der Waals surface area contributed by atoms with Gasteiger partial charge in [0.2, 0.25) is 0 Å². The molecule has 1 N–H and O–H groups in total. The van der Waals surface area contributed by atoms with Crippen molar-refractivity contribution in [2.75, 3.05) is 19.6 Å². The van der Waals surface area contributed by atoms with Gasteiger partial charge >= 0.3 is 6.03 Å². The summed E-state index contributed by atoms with van der Waals surface area (Å²) in [7, 11) is 0. The fraction of sp³-hybridized carbons (Fsp3) is 0.682. The summed E-state index contributed by atoms with van der Waals surface area (Å²) >= 11 is 0. The Labute approximate surface area is 173 Å². The van der Waals surface area contributed by atoms with E-state index in [1.54, 1.807) is 12.1 Å². The molecule has 2 saturated heterocycles. The standard InChI is InChI=1S/C22H34N4O3/c1-17(2)23-22(27)25-13-5-3-4-6-21(25)19-11-14-24(15-12-19)16-18-7-9-20(10-8-18)26(28)29/h7-10,17,19,21H,3-6,11-16H2,1-2H3,(H,23,27)/t21-/m0/s1. The summed E-state index contributed by atoms with van der Waals surface area (Å²) in [5.74, 6) is 0.555. The monoisotopic (exact) mass is 402 g/mol. The SMILES string of the molecule is CC(C)NC(=O)N1CCCCC[C@H]1C1CCN(Cc2ccc([N+](=O)[O-])cc2)CC1. The second kappa shape index (κ2) is 10.1. The van der Waals surface area contributed by atoms with Gasteiger partial charge in [0.25, 0.3) is 5.69 Å². The molecule has 1 aromatic carbocycles. The van der Waals surface area contributed by atoms with E-state index in [0.717, 1.165) is 57.4 Å². The molecule has 0 aliphatic carbocycles. The first kappa shape index (κ1) is 21.6. The minimum atomic E-state index is -0.358. The Morgan fingerprint density at radius 1 is 1.10 bits per heavy atom. The Morgan fingerprint density at radius 3 is 2.41 bits per heavy atom. The van der Waals surface area contributed by atoms with Gasteiger partial charge < -0.3 is 10.2 Å². The van der Waals surface area contributed by atoms with E-state index in [-0.39, 0.29) is 22.7 Å². The molecule has 0 spiro atoms. The predicted octanol–water partition coefficient (Wildman–Crippen LogP) is 4.17. The highest BCUT2D eigenvalue weighted by molar-refractivity contribution is 5.74. The molecule has 2 aliphatic rings. The number of amides is 2. The van der Waals surface area contributed by atoms with Crippen LogP contribution in [0.15, 0.2) is 24.3 Å². The van der Waals surface area contributed by atoms with E-state index in [1.807, 2.05) is 26.0 Å². The van der Waals surface area contributed by atoms with Crippen molar-refractivity contribution in [1.82, 2.24) is 15.1 Å². The van der Waals surface area contributed by atoms with Crippen LogP contribution in [0.1, 0.15) is 57.9 Å². The molecule has 2 aliphatic heterocycles. The lowest BCUT2D eigenvalue weighted by Gasteiger charge is -2.41. The molecule has 2 heterocycles. The molecule has 0 saturated carbocycles. The Morgan fingerprint density at radius 2 is 1.79 bits per heavy atom. The molecule has 3 rings (SSSR count). The van der Waals surface area contributed by atoms with Crippen LogP contribution in [0.4, 0.5) is 10.5 Å². The predicted molar refractivity (Wildman–Crippen MR) is 114 cm³/mol. The van der Waals surface area contributed by atoms with E-state index in [2.05, 4.69) is 15.1 Å². The van der Waals surface area contributed by atoms with Crippen LogP contribution in [-0.4, -0.2) is 52.5 Å². The first-order chi connectivity index (χ1) is 13.9. The van der Waals surface area contributed by atoms with Gasteiger partial charge in [0, 0.05) is 37.3 Å². The third kappa shape index (κ3) is 5.92. The topological polar surface area (TPSA) is 78.7 Å². The molecule has 2 fully saturated rings. The maximum absolute atomic E-state index is 12.8. The highest BCUT2D eigenvalue weighted by Gasteiger charge is 2.34. The van der Waals surface area contributed by atoms with Gasteiger partial charge in [-0.3, -0.25) is 15.0 Å². The molecule has 7 heteroatoms. The van der Waals surface area contributed by atoms with Gasteiger partial charge in [-0.1, -0.05) is 25.0 Å². The molecule has 0 unspecified atom stereocenters. The Kier molecular flexibility index (Phi) is 7.47. The molecule has 2 amide bonds. The number of nitro benzene ring substituents is 1. The summed E-state index contributed by atoms with van der Waals surface area (Å²) < 4.78 is 0. The van der Waals surface area contributed by atoms with Crippen molar-refractivity contribution in [3.63, 3.8) is 0 Å². The van der Waals surface area contributed by atoms with E-state index in [0.29, 0.717) is 12.0 Å². The molecule has 160 valence electrons. The van der Waals surface area contributed by atoms with Gasteiger partial charge in [-0.15, -0.1) is 0 Å². The molecule has 7 nitrogen and oxygen atoms in total. The van der Waals surface area contributed by atoms with Gasteiger partial charge in [-0.05, 0) is 64.1 Å². The number of non-ortho nitro benzene ring substituents is 1. The van der Waals surface area contributed by atoms with Crippen LogP contribution in [0.5, 0.6) is 0 Å². The van der Waals surface area contributed by atoms with Crippen molar-refractivity contribution in [3.05, 3.63) is 39.9 Å². The highest BCUT2D eigenvalue weighted by atomic mass is 16.6. The molecule has 0 radical (unpaired) electrons. The number of benzene rings is 1. The molecular weight excluding hydrogens is 368 g/mol. The third-order valence-corrected chi connectivity index (χ3v) is 6.20. The van der Waals surface area contributed by atoms with Gasteiger partial charge in [-0.2, -0.15) is 0 Å². The van der Waals surface area contributed by atoms with Gasteiger partial charge in [0.1, 0.15) is 0 Å². The molecule has 0 aromatic heterocycles. The van der Waals surface area contributed by atoms with Gasteiger partial charge in [-0.25, -0.2) is 4.79 Å². The molecule has 1 atom stereocenters. The number of nitro groups is 1. The Balaban J connectivity index is 1.56. The summed E-state index contributed by atoms with van der Waals surface area (Å²) in [4.78, 5) is 27.7. The summed E-state index contributed by atoms with van der Waals surface area (Å²) in [6.45, 7) is 7.75. The van der Waals surface area contributed by atoms with Crippen LogP contribution in [0.3, 0.4) is 0 Å². The van der Waals surface area contributed by atoms with E-state index < -0.39 is 0 Å². The number of urea groups is 1. The number of likely N-dealkylation sites (tertiary alicyclic amines) is 2. The minimum absolute atomic E-state index is 0.0974. The van der Waals surface area contributed by atoms with E-state index in [9.17, 15) is 14.9 Å². The van der Waals surface area contributed by atoms with Crippen molar-refractivity contribution in [1.29, 1.82) is 0 Å². The number of piperidine rings is 1. The fourth-order valence-electron chi connectivity index (χ4n) is 4.68. The van der Waals surface area contributed by atoms with Crippen LogP contribution < -0.4 is 5.32 Å². The molecule has 0 bridgehead atoms. The first-order valence-electron chi connectivity index (χ1n) is 11.0. The number of rotatable bonds is 5. The molecule has 29 heavy (non-hydrogen) atoms. The number of nitrogens with one attached hydrogen (secondary N) is 1. The Hall–Kier alpha value is -2.15. The quantitative estimate of drug-likeness (QED) is 0.592. The third-order valence-electron chi connectivity index (χ3n) is 6.20. The van der Waals surface area contributed by atoms with Crippen LogP contribution in [-0.2, 0) is 6.54 Å². The summed E-state index contributed by atoms with van der Waals surface area (Å²) in [6.07, 6.45) is 6.83. The van der Waals surface area contributed by atoms with Crippen molar-refractivity contribution in [2.45, 2.75) is 71.0 Å². The van der Waals surface area contributed by atoms with E-state index in [1.165, 1.54) is 12.8 Å². The summed E-state index contributed by atoms with van der Waals surface area (Å²) in [6, 6.07) is 7.48. The Bertz CT molecular complexity index is 684. The highest BCUT2D eigenvalue weighted by Crippen LogP contribution is 2.30. The molecular formula is C22H34N4O3. The zero-order valence-electron chi connectivity index (χ0n) is 17.7. The number of nitrogens with zero attached hydrogens (tertiary/aromatic N) is 3. The lowest BCUT2D eigenvalue weighted by Crippen LogP contribution is -2.52. The second-order valence-electron chi connectivity index (χ2n) is 8.75. The lowest BCUT2D eigenvalue weighted by atomic mass is 9.86. The largest absolute Gasteiger partial charge is 0.336 e. The van der Waals surface area contributed by atoms with Crippen molar-refractivity contribution in [3.8, 4) is 0 Å². The second-order valence-corrected chi connectivity index (χ2v) is 8.75. The minimum Gasteiger partial charge on any atom is -0.336 e. The average Bonchev–Trinajstić information content (AvgIpc) is 2.95. The van der Waals surface area contributed by atoms with E-state index >= 15 is 0 Å².